The highest BCUT2D eigenvalue weighted by atomic mass is 16.5. The van der Waals surface area contributed by atoms with Crippen LogP contribution in [0.4, 0.5) is 0 Å². The van der Waals surface area contributed by atoms with Crippen molar-refractivity contribution in [2.45, 2.75) is 0 Å². The van der Waals surface area contributed by atoms with Gasteiger partial charge in [0, 0.05) is 22.3 Å². The molecule has 0 aliphatic carbocycles. The minimum Gasteiger partial charge on any atom is -0.508 e. The van der Waals surface area contributed by atoms with Crippen LogP contribution < -0.4 is 4.74 Å². The predicted octanol–water partition coefficient (Wildman–Crippen LogP) is 5.95. The van der Waals surface area contributed by atoms with Crippen LogP contribution in [0.3, 0.4) is 0 Å². The van der Waals surface area contributed by atoms with Crippen molar-refractivity contribution in [3.8, 4) is 40.2 Å². The van der Waals surface area contributed by atoms with Gasteiger partial charge in [0.1, 0.15) is 17.2 Å². The van der Waals surface area contributed by atoms with E-state index in [2.05, 4.69) is 11.8 Å². The van der Waals surface area contributed by atoms with Crippen LogP contribution in [0, 0.1) is 11.8 Å². The van der Waals surface area contributed by atoms with Crippen LogP contribution in [-0.4, -0.2) is 16.2 Å². The van der Waals surface area contributed by atoms with Crippen molar-refractivity contribution in [3.63, 3.8) is 0 Å². The molecule has 0 aromatic heterocycles. The summed E-state index contributed by atoms with van der Waals surface area (Å²) in [7, 11) is 0. The van der Waals surface area contributed by atoms with Crippen molar-refractivity contribution < 1.29 is 19.7 Å². The number of phenols is 1. The van der Waals surface area contributed by atoms with Crippen LogP contribution in [0.2, 0.25) is 0 Å². The molecule has 4 heteroatoms. The Kier molecular flexibility index (Phi) is 5.68. The van der Waals surface area contributed by atoms with Crippen molar-refractivity contribution in [1.82, 2.24) is 0 Å². The molecule has 0 aliphatic rings. The molecule has 0 saturated carbocycles. The highest BCUT2D eigenvalue weighted by molar-refractivity contribution is 5.99. The summed E-state index contributed by atoms with van der Waals surface area (Å²) >= 11 is 0. The Bertz CT molecular complexity index is 1300. The maximum atomic E-state index is 12.0. The Morgan fingerprint density at radius 3 is 2.29 bits per heavy atom. The first-order valence-corrected chi connectivity index (χ1v) is 9.61. The molecule has 0 spiro atoms. The summed E-state index contributed by atoms with van der Waals surface area (Å²) < 4.78 is 6.06. The fourth-order valence-corrected chi connectivity index (χ4v) is 3.23. The zero-order valence-corrected chi connectivity index (χ0v) is 16.4. The standard InChI is InChI=1S/C27H18O4/c28-21-10-6-8-19(18-21)16-17-20-9-7-14-24(27(29)30)26(20)23-13-4-5-15-25(23)31-22-11-2-1-3-12-22/h1-15,18,28H,(H,29,30). The summed E-state index contributed by atoms with van der Waals surface area (Å²) in [6.45, 7) is 0. The Morgan fingerprint density at radius 1 is 0.774 bits per heavy atom. The lowest BCUT2D eigenvalue weighted by atomic mass is 9.93. The first-order chi connectivity index (χ1) is 15.1. The minimum absolute atomic E-state index is 0.118. The zero-order chi connectivity index (χ0) is 21.6. The van der Waals surface area contributed by atoms with Gasteiger partial charge in [0.15, 0.2) is 0 Å². The summed E-state index contributed by atoms with van der Waals surface area (Å²) in [6, 6.07) is 28.2. The maximum Gasteiger partial charge on any atom is 0.336 e. The van der Waals surface area contributed by atoms with Gasteiger partial charge in [0.05, 0.1) is 5.56 Å². The molecule has 4 aromatic carbocycles. The van der Waals surface area contributed by atoms with Crippen molar-refractivity contribution in [1.29, 1.82) is 0 Å². The van der Waals surface area contributed by atoms with E-state index in [1.165, 1.54) is 0 Å². The minimum atomic E-state index is -1.05. The monoisotopic (exact) mass is 406 g/mol. The summed E-state index contributed by atoms with van der Waals surface area (Å²) in [6.07, 6.45) is 0. The smallest absolute Gasteiger partial charge is 0.336 e. The largest absolute Gasteiger partial charge is 0.508 e. The van der Waals surface area contributed by atoms with Gasteiger partial charge in [0.25, 0.3) is 0 Å². The van der Waals surface area contributed by atoms with E-state index >= 15 is 0 Å². The second kappa shape index (κ2) is 8.89. The second-order valence-corrected chi connectivity index (χ2v) is 6.74. The van der Waals surface area contributed by atoms with E-state index < -0.39 is 5.97 Å². The van der Waals surface area contributed by atoms with Gasteiger partial charge < -0.3 is 14.9 Å². The highest BCUT2D eigenvalue weighted by Gasteiger charge is 2.18. The Morgan fingerprint density at radius 2 is 1.52 bits per heavy atom. The van der Waals surface area contributed by atoms with Crippen LogP contribution >= 0.6 is 0 Å². The number of para-hydroxylation sites is 2. The van der Waals surface area contributed by atoms with Gasteiger partial charge in [-0.3, -0.25) is 0 Å². The van der Waals surface area contributed by atoms with Crippen molar-refractivity contribution in [2.75, 3.05) is 0 Å². The zero-order valence-electron chi connectivity index (χ0n) is 16.4. The lowest BCUT2D eigenvalue weighted by Gasteiger charge is -2.14. The molecule has 2 N–H and O–H groups in total. The van der Waals surface area contributed by atoms with Gasteiger partial charge in [-0.15, -0.1) is 0 Å². The Balaban J connectivity index is 1.86. The number of carbonyl (C=O) groups is 1. The number of phenolic OH excluding ortho intramolecular Hbond substituents is 1. The molecule has 31 heavy (non-hydrogen) atoms. The number of aromatic hydroxyl groups is 1. The number of ether oxygens (including phenoxy) is 1. The molecule has 4 rings (SSSR count). The molecular weight excluding hydrogens is 388 g/mol. The third-order valence-corrected chi connectivity index (χ3v) is 4.61. The normalized spacial score (nSPS) is 10.1. The third kappa shape index (κ3) is 4.58. The molecule has 0 saturated heterocycles. The average molecular weight is 406 g/mol. The van der Waals surface area contributed by atoms with Crippen molar-refractivity contribution >= 4 is 5.97 Å². The van der Waals surface area contributed by atoms with Crippen LogP contribution in [0.1, 0.15) is 21.5 Å². The fraction of sp³-hybridized carbons (Fsp3) is 0. The van der Waals surface area contributed by atoms with Gasteiger partial charge in [-0.1, -0.05) is 60.4 Å². The lowest BCUT2D eigenvalue weighted by Crippen LogP contribution is -2.02. The molecular formula is C27H18O4. The third-order valence-electron chi connectivity index (χ3n) is 4.61. The number of rotatable bonds is 4. The summed E-state index contributed by atoms with van der Waals surface area (Å²) in [5.74, 6) is 6.31. The molecule has 150 valence electrons. The molecule has 0 aliphatic heterocycles. The fourth-order valence-electron chi connectivity index (χ4n) is 3.23. The first kappa shape index (κ1) is 19.8. The van der Waals surface area contributed by atoms with Crippen molar-refractivity contribution in [2.24, 2.45) is 0 Å². The van der Waals surface area contributed by atoms with Gasteiger partial charge in [0.2, 0.25) is 0 Å². The molecule has 0 atom stereocenters. The van der Waals surface area contributed by atoms with Crippen molar-refractivity contribution in [3.05, 3.63) is 114 Å². The summed E-state index contributed by atoms with van der Waals surface area (Å²) in [4.78, 5) is 12.0. The van der Waals surface area contributed by atoms with Crippen LogP contribution in [0.15, 0.2) is 97.1 Å². The average Bonchev–Trinajstić information content (AvgIpc) is 2.78. The second-order valence-electron chi connectivity index (χ2n) is 6.74. The SMILES string of the molecule is O=C(O)c1cccc(C#Cc2cccc(O)c2)c1-c1ccccc1Oc1ccccc1. The number of hydrogen-bond donors (Lipinski definition) is 2. The number of benzene rings is 4. The quantitative estimate of drug-likeness (QED) is 0.411. The topological polar surface area (TPSA) is 66.8 Å². The number of carboxylic acids is 1. The molecule has 0 unspecified atom stereocenters. The van der Waals surface area contributed by atoms with Crippen LogP contribution in [0.25, 0.3) is 11.1 Å². The predicted molar refractivity (Wildman–Crippen MR) is 119 cm³/mol. The Hall–Kier alpha value is -4.49. The van der Waals surface area contributed by atoms with Gasteiger partial charge in [-0.2, -0.15) is 0 Å². The Labute approximate surface area is 180 Å². The van der Waals surface area contributed by atoms with E-state index in [1.54, 1.807) is 48.5 Å². The molecule has 0 amide bonds. The van der Waals surface area contributed by atoms with Gasteiger partial charge in [-0.25, -0.2) is 4.79 Å². The number of hydrogen-bond acceptors (Lipinski definition) is 3. The molecule has 0 bridgehead atoms. The van der Waals surface area contributed by atoms with E-state index in [1.807, 2.05) is 48.5 Å². The van der Waals surface area contributed by atoms with E-state index in [0.29, 0.717) is 33.8 Å². The summed E-state index contributed by atoms with van der Waals surface area (Å²) in [5.41, 5.74) is 2.42. The first-order valence-electron chi connectivity index (χ1n) is 9.61. The van der Waals surface area contributed by atoms with Crippen LogP contribution in [0.5, 0.6) is 17.2 Å². The van der Waals surface area contributed by atoms with E-state index in [-0.39, 0.29) is 11.3 Å². The number of aromatic carboxylic acids is 1. The van der Waals surface area contributed by atoms with Crippen LogP contribution in [-0.2, 0) is 0 Å². The molecule has 4 aromatic rings. The molecule has 0 fully saturated rings. The van der Waals surface area contributed by atoms with E-state index in [4.69, 9.17) is 4.74 Å². The van der Waals surface area contributed by atoms with Gasteiger partial charge >= 0.3 is 5.97 Å². The summed E-state index contributed by atoms with van der Waals surface area (Å²) in [5, 5.41) is 19.5. The maximum absolute atomic E-state index is 12.0. The van der Waals surface area contributed by atoms with Gasteiger partial charge in [-0.05, 0) is 48.5 Å². The molecule has 4 nitrogen and oxygen atoms in total. The molecule has 0 radical (unpaired) electrons. The number of carboxylic acid groups (broad SMARTS) is 1. The van der Waals surface area contributed by atoms with E-state index in [9.17, 15) is 15.0 Å². The molecule has 0 heterocycles. The lowest BCUT2D eigenvalue weighted by molar-refractivity contribution is 0.0697. The highest BCUT2D eigenvalue weighted by Crippen LogP contribution is 2.37. The van der Waals surface area contributed by atoms with E-state index in [0.717, 1.165) is 0 Å².